The number of hydrogen-bond acceptors (Lipinski definition) is 5. The predicted octanol–water partition coefficient (Wildman–Crippen LogP) is 0.385. The van der Waals surface area contributed by atoms with Crippen molar-refractivity contribution in [3.05, 3.63) is 28.5 Å². The number of carbonyl (C=O) groups excluding carboxylic acids is 3. The van der Waals surface area contributed by atoms with Crippen LogP contribution in [0.4, 0.5) is 4.79 Å². The average molecular weight is 318 g/mol. The van der Waals surface area contributed by atoms with Crippen LogP contribution in [0.5, 0.6) is 0 Å². The number of aromatic nitrogens is 2. The summed E-state index contributed by atoms with van der Waals surface area (Å²) in [6.07, 6.45) is -0.736. The Kier molecular flexibility index (Phi) is 3.28. The lowest BCUT2D eigenvalue weighted by atomic mass is 9.95. The molecule has 0 aromatic carbocycles. The highest BCUT2D eigenvalue weighted by atomic mass is 16.4. The van der Waals surface area contributed by atoms with Crippen molar-refractivity contribution in [3.8, 4) is 0 Å². The van der Waals surface area contributed by atoms with E-state index in [-0.39, 0.29) is 22.7 Å². The number of amides is 2. The molecular weight excluding hydrogens is 304 g/mol. The van der Waals surface area contributed by atoms with E-state index in [0.29, 0.717) is 18.8 Å². The van der Waals surface area contributed by atoms with E-state index in [2.05, 4.69) is 15.6 Å². The SMILES string of the molecule is CC(=O)NC1=C(C)C(=O)c2c(nc3n2CCC3NC(=O)O)C1=O. The molecule has 0 saturated carbocycles. The summed E-state index contributed by atoms with van der Waals surface area (Å²) < 4.78 is 1.57. The molecular formula is C14H14N4O5. The molecule has 0 saturated heterocycles. The van der Waals surface area contributed by atoms with E-state index in [1.165, 1.54) is 13.8 Å². The molecule has 9 nitrogen and oxygen atoms in total. The van der Waals surface area contributed by atoms with Crippen molar-refractivity contribution in [1.82, 2.24) is 20.2 Å². The molecule has 3 rings (SSSR count). The number of nitrogens with one attached hydrogen (secondary N) is 2. The molecule has 1 atom stereocenters. The molecule has 120 valence electrons. The van der Waals surface area contributed by atoms with Crippen molar-refractivity contribution < 1.29 is 24.3 Å². The first-order valence-electron chi connectivity index (χ1n) is 6.99. The van der Waals surface area contributed by atoms with Gasteiger partial charge in [0, 0.05) is 19.0 Å². The van der Waals surface area contributed by atoms with E-state index in [1.54, 1.807) is 4.57 Å². The first-order valence-corrected chi connectivity index (χ1v) is 6.99. The van der Waals surface area contributed by atoms with Gasteiger partial charge < -0.3 is 20.3 Å². The second kappa shape index (κ2) is 5.04. The Morgan fingerprint density at radius 1 is 1.30 bits per heavy atom. The van der Waals surface area contributed by atoms with Crippen LogP contribution in [0.2, 0.25) is 0 Å². The number of fused-ring (bicyclic) bond motifs is 3. The number of Topliss-reactive ketones (excluding diaryl/α,β-unsaturated/α-hetero) is 2. The molecule has 2 heterocycles. The molecule has 0 radical (unpaired) electrons. The van der Waals surface area contributed by atoms with Gasteiger partial charge in [0.2, 0.25) is 17.5 Å². The molecule has 1 aliphatic heterocycles. The monoisotopic (exact) mass is 318 g/mol. The fourth-order valence-electron chi connectivity index (χ4n) is 2.93. The lowest BCUT2D eigenvalue weighted by molar-refractivity contribution is -0.118. The van der Waals surface area contributed by atoms with Crippen LogP contribution in [0, 0.1) is 0 Å². The molecule has 1 aliphatic carbocycles. The number of carbonyl (C=O) groups is 4. The summed E-state index contributed by atoms with van der Waals surface area (Å²) in [5.74, 6) is -1.04. The summed E-state index contributed by atoms with van der Waals surface area (Å²) in [5, 5.41) is 13.5. The topological polar surface area (TPSA) is 130 Å². The van der Waals surface area contributed by atoms with Crippen molar-refractivity contribution >= 4 is 23.6 Å². The second-order valence-corrected chi connectivity index (χ2v) is 5.45. The molecule has 23 heavy (non-hydrogen) atoms. The maximum atomic E-state index is 12.5. The summed E-state index contributed by atoms with van der Waals surface area (Å²) in [7, 11) is 0. The van der Waals surface area contributed by atoms with Crippen LogP contribution in [0.25, 0.3) is 0 Å². The minimum Gasteiger partial charge on any atom is -0.465 e. The third kappa shape index (κ3) is 2.20. The van der Waals surface area contributed by atoms with Crippen molar-refractivity contribution in [2.24, 2.45) is 0 Å². The quantitative estimate of drug-likeness (QED) is 0.723. The summed E-state index contributed by atoms with van der Waals surface area (Å²) >= 11 is 0. The van der Waals surface area contributed by atoms with E-state index in [4.69, 9.17) is 5.11 Å². The van der Waals surface area contributed by atoms with E-state index < -0.39 is 29.6 Å². The zero-order chi connectivity index (χ0) is 16.9. The van der Waals surface area contributed by atoms with E-state index in [1.807, 2.05) is 0 Å². The molecule has 2 amide bonds. The zero-order valence-electron chi connectivity index (χ0n) is 12.5. The fraction of sp³-hybridized carbons (Fsp3) is 0.357. The number of ketones is 2. The number of carboxylic acid groups (broad SMARTS) is 1. The number of imidazole rings is 1. The van der Waals surface area contributed by atoms with Crippen LogP contribution in [0.15, 0.2) is 11.3 Å². The Bertz CT molecular complexity index is 804. The van der Waals surface area contributed by atoms with Gasteiger partial charge >= 0.3 is 6.09 Å². The lowest BCUT2D eigenvalue weighted by Crippen LogP contribution is -2.33. The molecule has 9 heteroatoms. The summed E-state index contributed by atoms with van der Waals surface area (Å²) in [4.78, 5) is 51.3. The minimum absolute atomic E-state index is 0.0451. The van der Waals surface area contributed by atoms with Crippen molar-refractivity contribution in [2.45, 2.75) is 32.9 Å². The van der Waals surface area contributed by atoms with Gasteiger partial charge in [0.1, 0.15) is 17.2 Å². The van der Waals surface area contributed by atoms with Gasteiger partial charge in [-0.3, -0.25) is 14.4 Å². The minimum atomic E-state index is -1.20. The van der Waals surface area contributed by atoms with Crippen LogP contribution in [-0.4, -0.2) is 38.2 Å². The molecule has 1 aromatic heterocycles. The van der Waals surface area contributed by atoms with Gasteiger partial charge in [-0.25, -0.2) is 9.78 Å². The molecule has 0 fully saturated rings. The number of allylic oxidation sites excluding steroid dienone is 2. The highest BCUT2D eigenvalue weighted by molar-refractivity contribution is 6.26. The van der Waals surface area contributed by atoms with Crippen molar-refractivity contribution in [3.63, 3.8) is 0 Å². The Labute approximate surface area is 130 Å². The van der Waals surface area contributed by atoms with Gasteiger partial charge in [0.25, 0.3) is 0 Å². The van der Waals surface area contributed by atoms with Crippen molar-refractivity contribution in [2.75, 3.05) is 0 Å². The third-order valence-electron chi connectivity index (χ3n) is 3.92. The van der Waals surface area contributed by atoms with Gasteiger partial charge in [-0.15, -0.1) is 0 Å². The summed E-state index contributed by atoms with van der Waals surface area (Å²) in [6.45, 7) is 3.11. The summed E-state index contributed by atoms with van der Waals surface area (Å²) in [5.41, 5.74) is 0.187. The van der Waals surface area contributed by atoms with Gasteiger partial charge in [0.15, 0.2) is 0 Å². The molecule has 2 aliphatic rings. The maximum absolute atomic E-state index is 12.5. The highest BCUT2D eigenvalue weighted by Crippen LogP contribution is 2.33. The van der Waals surface area contributed by atoms with Crippen LogP contribution >= 0.6 is 0 Å². The Balaban J connectivity index is 2.07. The Hall–Kier alpha value is -2.97. The van der Waals surface area contributed by atoms with E-state index in [9.17, 15) is 19.2 Å². The predicted molar refractivity (Wildman–Crippen MR) is 75.9 cm³/mol. The smallest absolute Gasteiger partial charge is 0.405 e. The van der Waals surface area contributed by atoms with E-state index >= 15 is 0 Å². The molecule has 3 N–H and O–H groups in total. The highest BCUT2D eigenvalue weighted by Gasteiger charge is 2.40. The Morgan fingerprint density at radius 2 is 2.00 bits per heavy atom. The molecule has 0 spiro atoms. The van der Waals surface area contributed by atoms with Crippen LogP contribution in [0.3, 0.4) is 0 Å². The summed E-state index contributed by atoms with van der Waals surface area (Å²) in [6, 6.07) is -0.566. The number of nitrogens with zero attached hydrogens (tertiary/aromatic N) is 2. The van der Waals surface area contributed by atoms with Crippen LogP contribution < -0.4 is 10.6 Å². The second-order valence-electron chi connectivity index (χ2n) is 5.45. The normalized spacial score (nSPS) is 19.5. The third-order valence-corrected chi connectivity index (χ3v) is 3.92. The maximum Gasteiger partial charge on any atom is 0.405 e. The zero-order valence-corrected chi connectivity index (χ0v) is 12.5. The first kappa shape index (κ1) is 14.9. The van der Waals surface area contributed by atoms with Gasteiger partial charge in [-0.1, -0.05) is 0 Å². The van der Waals surface area contributed by atoms with Crippen molar-refractivity contribution in [1.29, 1.82) is 0 Å². The average Bonchev–Trinajstić information content (AvgIpc) is 3.01. The number of hydrogen-bond donors (Lipinski definition) is 3. The first-order chi connectivity index (χ1) is 10.8. The van der Waals surface area contributed by atoms with E-state index in [0.717, 1.165) is 0 Å². The molecule has 1 aromatic rings. The lowest BCUT2D eigenvalue weighted by Gasteiger charge is -2.16. The Morgan fingerprint density at radius 3 is 2.61 bits per heavy atom. The fourth-order valence-corrected chi connectivity index (χ4v) is 2.93. The van der Waals surface area contributed by atoms with Crippen LogP contribution in [0.1, 0.15) is 53.1 Å². The molecule has 0 bridgehead atoms. The van der Waals surface area contributed by atoms with Gasteiger partial charge in [0.05, 0.1) is 11.7 Å². The largest absolute Gasteiger partial charge is 0.465 e. The standard InChI is InChI=1S/C14H14N4O5/c1-5-8(15-6(2)19)12(21)9-10(11(5)20)18-4-3-7(13(18)17-9)16-14(22)23/h7,16H,3-4H2,1-2H3,(H,15,19)(H,22,23). The molecule has 1 unspecified atom stereocenters. The number of rotatable bonds is 2. The van der Waals surface area contributed by atoms with Gasteiger partial charge in [-0.2, -0.15) is 0 Å². The van der Waals surface area contributed by atoms with Crippen LogP contribution in [-0.2, 0) is 11.3 Å². The van der Waals surface area contributed by atoms with Gasteiger partial charge in [-0.05, 0) is 13.3 Å².